The van der Waals surface area contributed by atoms with E-state index in [1.54, 1.807) is 23.5 Å². The molecule has 1 unspecified atom stereocenters. The Kier molecular flexibility index (Phi) is 4.45. The van der Waals surface area contributed by atoms with Crippen LogP contribution in [0.4, 0.5) is 4.39 Å². The van der Waals surface area contributed by atoms with E-state index < -0.39 is 0 Å². The standard InChI is InChI=1S/C14H14FNOS.ClH/c1-9-6-16-7-13-14(17-9)11(8-18-13)10-4-2-3-5-12(10)15;/h2-5,8-9,16H,6-7H2,1H3;1H. The van der Waals surface area contributed by atoms with Crippen LogP contribution >= 0.6 is 23.7 Å². The van der Waals surface area contributed by atoms with Gasteiger partial charge in [-0.1, -0.05) is 18.2 Å². The normalized spacial score (nSPS) is 17.9. The number of hydrogen-bond donors (Lipinski definition) is 1. The molecule has 0 saturated carbocycles. The summed E-state index contributed by atoms with van der Waals surface area (Å²) < 4.78 is 19.8. The third-order valence-corrected chi connectivity index (χ3v) is 3.99. The first-order valence-electron chi connectivity index (χ1n) is 5.98. The minimum atomic E-state index is -0.202. The third kappa shape index (κ3) is 2.76. The van der Waals surface area contributed by atoms with Crippen LogP contribution in [0.1, 0.15) is 11.8 Å². The zero-order valence-corrected chi connectivity index (χ0v) is 12.1. The molecule has 0 aliphatic carbocycles. The lowest BCUT2D eigenvalue weighted by Gasteiger charge is -2.13. The van der Waals surface area contributed by atoms with Crippen molar-refractivity contribution in [3.8, 4) is 16.9 Å². The molecular formula is C14H15ClFNOS. The van der Waals surface area contributed by atoms with Gasteiger partial charge in [0, 0.05) is 29.6 Å². The van der Waals surface area contributed by atoms with E-state index in [1.807, 2.05) is 18.4 Å². The molecule has 3 rings (SSSR count). The van der Waals surface area contributed by atoms with Crippen LogP contribution < -0.4 is 10.1 Å². The number of rotatable bonds is 1. The van der Waals surface area contributed by atoms with Gasteiger partial charge in [-0.25, -0.2) is 4.39 Å². The molecule has 0 bridgehead atoms. The van der Waals surface area contributed by atoms with Gasteiger partial charge in [0.25, 0.3) is 0 Å². The number of ether oxygens (including phenoxy) is 1. The lowest BCUT2D eigenvalue weighted by molar-refractivity contribution is 0.228. The van der Waals surface area contributed by atoms with Crippen LogP contribution in [0.2, 0.25) is 0 Å². The highest BCUT2D eigenvalue weighted by molar-refractivity contribution is 7.10. The Bertz CT molecular complexity index is 572. The number of thiophene rings is 1. The molecule has 19 heavy (non-hydrogen) atoms. The minimum absolute atomic E-state index is 0. The van der Waals surface area contributed by atoms with Gasteiger partial charge in [-0.2, -0.15) is 0 Å². The number of nitrogens with one attached hydrogen (secondary N) is 1. The molecule has 5 heteroatoms. The summed E-state index contributed by atoms with van der Waals surface area (Å²) in [5.41, 5.74) is 1.48. The monoisotopic (exact) mass is 299 g/mol. The second-order valence-corrected chi connectivity index (χ2v) is 5.41. The van der Waals surface area contributed by atoms with Crippen LogP contribution in [0.25, 0.3) is 11.1 Å². The van der Waals surface area contributed by atoms with Crippen LogP contribution in [-0.2, 0) is 6.54 Å². The fraction of sp³-hybridized carbons (Fsp3) is 0.286. The molecule has 1 aliphatic rings. The van der Waals surface area contributed by atoms with Gasteiger partial charge in [-0.15, -0.1) is 23.7 Å². The molecule has 1 aromatic carbocycles. The van der Waals surface area contributed by atoms with E-state index >= 15 is 0 Å². The summed E-state index contributed by atoms with van der Waals surface area (Å²) >= 11 is 1.62. The highest BCUT2D eigenvalue weighted by Gasteiger charge is 2.21. The maximum Gasteiger partial charge on any atom is 0.142 e. The number of hydrogen-bond acceptors (Lipinski definition) is 3. The highest BCUT2D eigenvalue weighted by Crippen LogP contribution is 2.40. The summed E-state index contributed by atoms with van der Waals surface area (Å²) in [6, 6.07) is 6.83. The van der Waals surface area contributed by atoms with Gasteiger partial charge in [0.15, 0.2) is 0 Å². The van der Waals surface area contributed by atoms with Crippen molar-refractivity contribution in [2.75, 3.05) is 6.54 Å². The summed E-state index contributed by atoms with van der Waals surface area (Å²) in [4.78, 5) is 1.14. The van der Waals surface area contributed by atoms with E-state index in [9.17, 15) is 4.39 Å². The van der Waals surface area contributed by atoms with Gasteiger partial charge >= 0.3 is 0 Å². The fourth-order valence-electron chi connectivity index (χ4n) is 2.14. The van der Waals surface area contributed by atoms with Gasteiger partial charge in [0.2, 0.25) is 0 Å². The molecule has 0 radical (unpaired) electrons. The third-order valence-electron chi connectivity index (χ3n) is 3.02. The first kappa shape index (κ1) is 14.3. The second kappa shape index (κ2) is 5.90. The smallest absolute Gasteiger partial charge is 0.142 e. The summed E-state index contributed by atoms with van der Waals surface area (Å²) in [6.07, 6.45) is 0.103. The van der Waals surface area contributed by atoms with Crippen molar-refractivity contribution in [2.45, 2.75) is 19.6 Å². The van der Waals surface area contributed by atoms with Crippen molar-refractivity contribution in [3.63, 3.8) is 0 Å². The van der Waals surface area contributed by atoms with E-state index in [1.165, 1.54) is 6.07 Å². The van der Waals surface area contributed by atoms with Crippen LogP contribution in [0.5, 0.6) is 5.75 Å². The largest absolute Gasteiger partial charge is 0.488 e. The number of benzene rings is 1. The Labute approximate surface area is 122 Å². The van der Waals surface area contributed by atoms with Crippen molar-refractivity contribution in [1.82, 2.24) is 5.32 Å². The second-order valence-electron chi connectivity index (χ2n) is 4.44. The zero-order chi connectivity index (χ0) is 12.5. The number of fused-ring (bicyclic) bond motifs is 1. The Hall–Kier alpha value is -1.10. The van der Waals surface area contributed by atoms with E-state index in [2.05, 4.69) is 5.32 Å². The molecule has 0 saturated heterocycles. The van der Waals surface area contributed by atoms with Gasteiger partial charge in [0.05, 0.1) is 4.88 Å². The summed E-state index contributed by atoms with van der Waals surface area (Å²) in [5.74, 6) is 0.633. The Morgan fingerprint density at radius 3 is 2.89 bits per heavy atom. The summed E-state index contributed by atoms with van der Waals surface area (Å²) in [5, 5.41) is 5.30. The minimum Gasteiger partial charge on any atom is -0.488 e. The predicted molar refractivity (Wildman–Crippen MR) is 78.8 cm³/mol. The Morgan fingerprint density at radius 1 is 1.32 bits per heavy atom. The topological polar surface area (TPSA) is 21.3 Å². The Balaban J connectivity index is 0.00000133. The molecule has 0 spiro atoms. The average molecular weight is 300 g/mol. The quantitative estimate of drug-likeness (QED) is 0.864. The van der Waals surface area contributed by atoms with Crippen molar-refractivity contribution in [1.29, 1.82) is 0 Å². The molecule has 1 aliphatic heterocycles. The van der Waals surface area contributed by atoms with E-state index in [-0.39, 0.29) is 24.3 Å². The lowest BCUT2D eigenvalue weighted by Crippen LogP contribution is -2.25. The van der Waals surface area contributed by atoms with Crippen LogP contribution in [-0.4, -0.2) is 12.6 Å². The molecule has 1 atom stereocenters. The SMILES string of the molecule is CC1CNCc2scc(-c3ccccc3F)c2O1.Cl. The van der Waals surface area contributed by atoms with E-state index in [4.69, 9.17) is 4.74 Å². The first-order chi connectivity index (χ1) is 8.75. The molecule has 2 nitrogen and oxygen atoms in total. The molecule has 0 amide bonds. The molecule has 2 heterocycles. The van der Waals surface area contributed by atoms with Gasteiger partial charge in [-0.3, -0.25) is 0 Å². The first-order valence-corrected chi connectivity index (χ1v) is 6.86. The van der Waals surface area contributed by atoms with Crippen molar-refractivity contribution >= 4 is 23.7 Å². The molecule has 102 valence electrons. The molecule has 0 fully saturated rings. The highest BCUT2D eigenvalue weighted by atomic mass is 35.5. The molecule has 1 N–H and O–H groups in total. The van der Waals surface area contributed by atoms with E-state index in [0.29, 0.717) is 5.56 Å². The maximum atomic E-state index is 13.9. The zero-order valence-electron chi connectivity index (χ0n) is 10.5. The van der Waals surface area contributed by atoms with Crippen molar-refractivity contribution in [3.05, 3.63) is 40.3 Å². The fourth-order valence-corrected chi connectivity index (χ4v) is 3.08. The average Bonchev–Trinajstić information content (AvgIpc) is 2.64. The van der Waals surface area contributed by atoms with Gasteiger partial charge in [-0.05, 0) is 13.0 Å². The van der Waals surface area contributed by atoms with Crippen LogP contribution in [0.3, 0.4) is 0 Å². The maximum absolute atomic E-state index is 13.9. The van der Waals surface area contributed by atoms with Gasteiger partial charge < -0.3 is 10.1 Å². The molecular weight excluding hydrogens is 285 g/mol. The van der Waals surface area contributed by atoms with E-state index in [0.717, 1.165) is 29.3 Å². The van der Waals surface area contributed by atoms with Crippen LogP contribution in [0, 0.1) is 5.82 Å². The van der Waals surface area contributed by atoms with Crippen LogP contribution in [0.15, 0.2) is 29.6 Å². The van der Waals surface area contributed by atoms with Crippen molar-refractivity contribution in [2.24, 2.45) is 0 Å². The summed E-state index contributed by atoms with van der Waals surface area (Å²) in [6.45, 7) is 3.63. The van der Waals surface area contributed by atoms with Crippen molar-refractivity contribution < 1.29 is 9.13 Å². The molecule has 2 aromatic rings. The lowest BCUT2D eigenvalue weighted by atomic mass is 10.1. The predicted octanol–water partition coefficient (Wildman–Crippen LogP) is 3.85. The Morgan fingerprint density at radius 2 is 2.11 bits per heavy atom. The summed E-state index contributed by atoms with van der Waals surface area (Å²) in [7, 11) is 0. The molecule has 1 aromatic heterocycles. The number of halogens is 2. The van der Waals surface area contributed by atoms with Gasteiger partial charge in [0.1, 0.15) is 17.7 Å².